The number of carbonyl (C=O) groups is 1. The molecule has 1 spiro atoms. The van der Waals surface area contributed by atoms with Gasteiger partial charge >= 0.3 is 0 Å². The molecule has 0 aromatic carbocycles. The molecule has 2 aliphatic rings. The predicted molar refractivity (Wildman–Crippen MR) is 99.0 cm³/mol. The van der Waals surface area contributed by atoms with Gasteiger partial charge in [-0.3, -0.25) is 14.7 Å². The minimum absolute atomic E-state index is 0.145. The Morgan fingerprint density at radius 1 is 1.04 bits per heavy atom. The van der Waals surface area contributed by atoms with Gasteiger partial charge in [0.15, 0.2) is 0 Å². The molecule has 2 aromatic heterocycles. The first-order valence-corrected chi connectivity index (χ1v) is 9.52. The molecule has 0 unspecified atom stereocenters. The van der Waals surface area contributed by atoms with Gasteiger partial charge in [-0.15, -0.1) is 0 Å². The molecule has 0 aliphatic carbocycles. The number of amides is 1. The van der Waals surface area contributed by atoms with Crippen LogP contribution in [-0.4, -0.2) is 49.9 Å². The highest BCUT2D eigenvalue weighted by atomic mass is 16.2. The SMILES string of the molecule is Cn1cncc1CN1CCC2(CCCN(Cc3ccncc3)C2=O)CC1. The van der Waals surface area contributed by atoms with Crippen LogP contribution in [0, 0.1) is 5.41 Å². The zero-order valence-corrected chi connectivity index (χ0v) is 15.5. The van der Waals surface area contributed by atoms with E-state index in [1.165, 1.54) is 11.3 Å². The Bertz CT molecular complexity index is 749. The van der Waals surface area contributed by atoms with Crippen molar-refractivity contribution >= 4 is 5.91 Å². The van der Waals surface area contributed by atoms with E-state index < -0.39 is 0 Å². The normalized spacial score (nSPS) is 20.7. The van der Waals surface area contributed by atoms with Gasteiger partial charge in [-0.1, -0.05) is 0 Å². The molecule has 0 atom stereocenters. The van der Waals surface area contributed by atoms with Crippen LogP contribution in [0.1, 0.15) is 36.9 Å². The highest BCUT2D eigenvalue weighted by Gasteiger charge is 2.45. The third-order valence-electron chi connectivity index (χ3n) is 6.06. The maximum atomic E-state index is 13.3. The average Bonchev–Trinajstić information content (AvgIpc) is 3.07. The Labute approximate surface area is 154 Å². The quantitative estimate of drug-likeness (QED) is 0.846. The van der Waals surface area contributed by atoms with E-state index in [1.807, 2.05) is 31.7 Å². The van der Waals surface area contributed by atoms with Crippen LogP contribution in [0.25, 0.3) is 0 Å². The van der Waals surface area contributed by atoms with Crippen LogP contribution in [0.5, 0.6) is 0 Å². The molecule has 4 heterocycles. The molecule has 0 bridgehead atoms. The number of piperidine rings is 2. The second-order valence-corrected chi connectivity index (χ2v) is 7.74. The molecule has 2 fully saturated rings. The number of aryl methyl sites for hydroxylation is 1. The average molecular weight is 353 g/mol. The van der Waals surface area contributed by atoms with Gasteiger partial charge in [0.1, 0.15) is 0 Å². The smallest absolute Gasteiger partial charge is 0.229 e. The highest BCUT2D eigenvalue weighted by molar-refractivity contribution is 5.83. The summed E-state index contributed by atoms with van der Waals surface area (Å²) in [6.45, 7) is 4.48. The van der Waals surface area contributed by atoms with Crippen molar-refractivity contribution in [3.8, 4) is 0 Å². The van der Waals surface area contributed by atoms with Crippen molar-refractivity contribution in [3.05, 3.63) is 48.3 Å². The van der Waals surface area contributed by atoms with Crippen molar-refractivity contribution in [1.29, 1.82) is 0 Å². The summed E-state index contributed by atoms with van der Waals surface area (Å²) in [5, 5.41) is 0. The van der Waals surface area contributed by atoms with E-state index >= 15 is 0 Å². The van der Waals surface area contributed by atoms with E-state index in [0.717, 1.165) is 51.9 Å². The van der Waals surface area contributed by atoms with Gasteiger partial charge in [-0.25, -0.2) is 4.98 Å². The summed E-state index contributed by atoms with van der Waals surface area (Å²) in [5.74, 6) is 0.362. The molecule has 6 heteroatoms. The van der Waals surface area contributed by atoms with Crippen molar-refractivity contribution in [1.82, 2.24) is 24.3 Å². The molecule has 0 N–H and O–H groups in total. The van der Waals surface area contributed by atoms with E-state index in [4.69, 9.17) is 0 Å². The molecule has 2 saturated heterocycles. The van der Waals surface area contributed by atoms with Crippen molar-refractivity contribution in [3.63, 3.8) is 0 Å². The minimum Gasteiger partial charge on any atom is -0.338 e. The number of likely N-dealkylation sites (tertiary alicyclic amines) is 2. The fraction of sp³-hybridized carbons (Fsp3) is 0.550. The van der Waals surface area contributed by atoms with Gasteiger partial charge in [0.05, 0.1) is 17.4 Å². The highest BCUT2D eigenvalue weighted by Crippen LogP contribution is 2.41. The first-order chi connectivity index (χ1) is 12.7. The van der Waals surface area contributed by atoms with E-state index in [1.54, 1.807) is 12.4 Å². The summed E-state index contributed by atoms with van der Waals surface area (Å²) in [5.41, 5.74) is 2.25. The molecule has 0 radical (unpaired) electrons. The standard InChI is InChI=1S/C20H27N5O/c1-23-16-22-13-18(23)15-24-11-6-20(7-12-24)5-2-10-25(19(20)26)14-17-3-8-21-9-4-17/h3-4,8-9,13,16H,2,5-7,10-12,14-15H2,1H3. The molecule has 4 rings (SSSR count). The van der Waals surface area contributed by atoms with Gasteiger partial charge in [-0.05, 0) is 56.5 Å². The number of hydrogen-bond acceptors (Lipinski definition) is 4. The Kier molecular flexibility index (Phi) is 4.76. The van der Waals surface area contributed by atoms with E-state index in [2.05, 4.69) is 24.3 Å². The van der Waals surface area contributed by atoms with Gasteiger partial charge < -0.3 is 9.47 Å². The summed E-state index contributed by atoms with van der Waals surface area (Å²) in [6.07, 6.45) is 11.5. The number of imidazole rings is 1. The molecular weight excluding hydrogens is 326 g/mol. The Morgan fingerprint density at radius 3 is 2.50 bits per heavy atom. The van der Waals surface area contributed by atoms with Gasteiger partial charge in [0.2, 0.25) is 5.91 Å². The van der Waals surface area contributed by atoms with Gasteiger partial charge in [-0.2, -0.15) is 0 Å². The summed E-state index contributed by atoms with van der Waals surface area (Å²) < 4.78 is 2.08. The lowest BCUT2D eigenvalue weighted by Gasteiger charge is -2.46. The molecule has 1 amide bonds. The first kappa shape index (κ1) is 17.2. The Hall–Kier alpha value is -2.21. The molecular formula is C20H27N5O. The number of rotatable bonds is 4. The maximum Gasteiger partial charge on any atom is 0.229 e. The molecule has 2 aliphatic heterocycles. The summed E-state index contributed by atoms with van der Waals surface area (Å²) in [4.78, 5) is 26.1. The van der Waals surface area contributed by atoms with Crippen LogP contribution in [0.4, 0.5) is 0 Å². The number of hydrogen-bond donors (Lipinski definition) is 0. The van der Waals surface area contributed by atoms with Crippen molar-refractivity contribution in [2.75, 3.05) is 19.6 Å². The second kappa shape index (κ2) is 7.19. The lowest BCUT2D eigenvalue weighted by molar-refractivity contribution is -0.150. The van der Waals surface area contributed by atoms with Crippen LogP contribution in [0.3, 0.4) is 0 Å². The van der Waals surface area contributed by atoms with E-state index in [-0.39, 0.29) is 5.41 Å². The van der Waals surface area contributed by atoms with Gasteiger partial charge in [0, 0.05) is 45.3 Å². The third-order valence-corrected chi connectivity index (χ3v) is 6.06. The zero-order chi connectivity index (χ0) is 18.0. The van der Waals surface area contributed by atoms with Crippen molar-refractivity contribution < 1.29 is 4.79 Å². The zero-order valence-electron chi connectivity index (χ0n) is 15.5. The summed E-state index contributed by atoms with van der Waals surface area (Å²) >= 11 is 0. The monoisotopic (exact) mass is 353 g/mol. The minimum atomic E-state index is -0.145. The lowest BCUT2D eigenvalue weighted by Crippen LogP contribution is -2.53. The summed E-state index contributed by atoms with van der Waals surface area (Å²) in [6, 6.07) is 4.01. The van der Waals surface area contributed by atoms with E-state index in [9.17, 15) is 4.79 Å². The molecule has 6 nitrogen and oxygen atoms in total. The Morgan fingerprint density at radius 2 is 1.81 bits per heavy atom. The molecule has 138 valence electrons. The van der Waals surface area contributed by atoms with Gasteiger partial charge in [0.25, 0.3) is 0 Å². The molecule has 26 heavy (non-hydrogen) atoms. The van der Waals surface area contributed by atoms with Crippen LogP contribution >= 0.6 is 0 Å². The third kappa shape index (κ3) is 3.38. The molecule has 2 aromatic rings. The second-order valence-electron chi connectivity index (χ2n) is 7.74. The lowest BCUT2D eigenvalue weighted by atomic mass is 9.71. The maximum absolute atomic E-state index is 13.3. The summed E-state index contributed by atoms with van der Waals surface area (Å²) in [7, 11) is 2.04. The van der Waals surface area contributed by atoms with Crippen molar-refractivity contribution in [2.45, 2.75) is 38.8 Å². The van der Waals surface area contributed by atoms with Crippen LogP contribution in [0.2, 0.25) is 0 Å². The number of pyridine rings is 1. The Balaban J connectivity index is 1.39. The number of aromatic nitrogens is 3. The largest absolute Gasteiger partial charge is 0.338 e. The van der Waals surface area contributed by atoms with Crippen LogP contribution in [0.15, 0.2) is 37.1 Å². The number of carbonyl (C=O) groups excluding carboxylic acids is 1. The predicted octanol–water partition coefficient (Wildman–Crippen LogP) is 2.22. The van der Waals surface area contributed by atoms with Crippen LogP contribution < -0.4 is 0 Å². The topological polar surface area (TPSA) is 54.3 Å². The van der Waals surface area contributed by atoms with E-state index in [0.29, 0.717) is 12.5 Å². The number of nitrogens with zero attached hydrogens (tertiary/aromatic N) is 5. The fourth-order valence-electron chi connectivity index (χ4n) is 4.38. The molecule has 0 saturated carbocycles. The van der Waals surface area contributed by atoms with Crippen molar-refractivity contribution in [2.24, 2.45) is 12.5 Å². The van der Waals surface area contributed by atoms with Crippen LogP contribution in [-0.2, 0) is 24.9 Å². The fourth-order valence-corrected chi connectivity index (χ4v) is 4.38. The first-order valence-electron chi connectivity index (χ1n) is 9.52.